The average Bonchev–Trinajstić information content (AvgIpc) is 3.25. The zero-order valence-electron chi connectivity index (χ0n) is 14.2. The molecule has 1 aromatic carbocycles. The van der Waals surface area contributed by atoms with E-state index in [9.17, 15) is 0 Å². The Labute approximate surface area is 130 Å². The van der Waals surface area contributed by atoms with E-state index in [1.165, 1.54) is 42.6 Å². The summed E-state index contributed by atoms with van der Waals surface area (Å²) in [7, 11) is 0. The second kappa shape index (κ2) is 7.31. The Hall–Kier alpha value is -1.02. The summed E-state index contributed by atoms with van der Waals surface area (Å²) in [5.74, 6) is 0.762. The maximum absolute atomic E-state index is 6.22. The molecule has 1 fully saturated rings. The predicted molar refractivity (Wildman–Crippen MR) is 93.0 cm³/mol. The Morgan fingerprint density at radius 1 is 1.29 bits per heavy atom. The highest BCUT2D eigenvalue weighted by atomic mass is 15.2. The molecule has 2 N–H and O–H groups in total. The minimum Gasteiger partial charge on any atom is -0.368 e. The fourth-order valence-electron chi connectivity index (χ4n) is 2.87. The Morgan fingerprint density at radius 3 is 2.57 bits per heavy atom. The van der Waals surface area contributed by atoms with Gasteiger partial charge in [-0.1, -0.05) is 38.5 Å². The van der Waals surface area contributed by atoms with Crippen molar-refractivity contribution in [2.24, 2.45) is 11.7 Å². The largest absolute Gasteiger partial charge is 0.368 e. The van der Waals surface area contributed by atoms with Gasteiger partial charge in [-0.25, -0.2) is 0 Å². The number of rotatable bonds is 8. The van der Waals surface area contributed by atoms with E-state index in [1.54, 1.807) is 0 Å². The zero-order chi connectivity index (χ0) is 15.4. The SMILES string of the molecule is CCC(N)Cc1cc(C)ccc1N(CCC(C)C)C1CC1. The lowest BCUT2D eigenvalue weighted by atomic mass is 9.99. The van der Waals surface area contributed by atoms with Crippen molar-refractivity contribution in [1.29, 1.82) is 0 Å². The van der Waals surface area contributed by atoms with Gasteiger partial charge in [-0.15, -0.1) is 0 Å². The van der Waals surface area contributed by atoms with Crippen LogP contribution < -0.4 is 10.6 Å². The zero-order valence-corrected chi connectivity index (χ0v) is 14.2. The molecule has 1 aromatic rings. The van der Waals surface area contributed by atoms with Crippen LogP contribution >= 0.6 is 0 Å². The van der Waals surface area contributed by atoms with E-state index in [2.05, 4.69) is 50.8 Å². The molecule has 118 valence electrons. The lowest BCUT2D eigenvalue weighted by molar-refractivity contribution is 0.568. The molecule has 1 atom stereocenters. The third-order valence-electron chi connectivity index (χ3n) is 4.49. The lowest BCUT2D eigenvalue weighted by Gasteiger charge is -2.29. The molecule has 1 saturated carbocycles. The molecule has 1 aliphatic rings. The van der Waals surface area contributed by atoms with Gasteiger partial charge >= 0.3 is 0 Å². The number of aryl methyl sites for hydroxylation is 1. The Morgan fingerprint density at radius 2 is 2.00 bits per heavy atom. The van der Waals surface area contributed by atoms with E-state index in [1.807, 2.05) is 0 Å². The van der Waals surface area contributed by atoms with Gasteiger partial charge in [-0.05, 0) is 56.6 Å². The number of benzene rings is 1. The first-order valence-corrected chi connectivity index (χ1v) is 8.63. The first-order valence-electron chi connectivity index (χ1n) is 8.63. The maximum atomic E-state index is 6.22. The minimum atomic E-state index is 0.275. The van der Waals surface area contributed by atoms with Crippen LogP contribution in [-0.2, 0) is 6.42 Å². The van der Waals surface area contributed by atoms with Crippen LogP contribution in [-0.4, -0.2) is 18.6 Å². The normalized spacial score (nSPS) is 16.3. The number of hydrogen-bond acceptors (Lipinski definition) is 2. The van der Waals surface area contributed by atoms with Crippen LogP contribution in [0.5, 0.6) is 0 Å². The highest BCUT2D eigenvalue weighted by Crippen LogP contribution is 2.35. The molecule has 0 saturated heterocycles. The molecule has 0 spiro atoms. The van der Waals surface area contributed by atoms with Crippen molar-refractivity contribution in [3.8, 4) is 0 Å². The smallest absolute Gasteiger partial charge is 0.0402 e. The summed E-state index contributed by atoms with van der Waals surface area (Å²) in [5.41, 5.74) is 10.4. The van der Waals surface area contributed by atoms with Crippen LogP contribution in [0.2, 0.25) is 0 Å². The fourth-order valence-corrected chi connectivity index (χ4v) is 2.87. The van der Waals surface area contributed by atoms with Gasteiger partial charge in [0.2, 0.25) is 0 Å². The van der Waals surface area contributed by atoms with Crippen molar-refractivity contribution in [2.75, 3.05) is 11.4 Å². The highest BCUT2D eigenvalue weighted by molar-refractivity contribution is 5.57. The van der Waals surface area contributed by atoms with Crippen molar-refractivity contribution in [3.05, 3.63) is 29.3 Å². The number of nitrogens with two attached hydrogens (primary N) is 1. The molecule has 2 nitrogen and oxygen atoms in total. The molecular formula is C19H32N2. The van der Waals surface area contributed by atoms with Gasteiger partial charge in [-0.2, -0.15) is 0 Å². The molecule has 2 heteroatoms. The molecule has 1 unspecified atom stereocenters. The second-order valence-electron chi connectivity index (χ2n) is 7.11. The molecule has 0 amide bonds. The summed E-state index contributed by atoms with van der Waals surface area (Å²) in [6, 6.07) is 7.96. The summed E-state index contributed by atoms with van der Waals surface area (Å²) in [4.78, 5) is 2.65. The maximum Gasteiger partial charge on any atom is 0.0402 e. The van der Waals surface area contributed by atoms with Gasteiger partial charge in [0.05, 0.1) is 0 Å². The molecule has 0 radical (unpaired) electrons. The monoisotopic (exact) mass is 288 g/mol. The molecule has 21 heavy (non-hydrogen) atoms. The van der Waals surface area contributed by atoms with Crippen LogP contribution in [0, 0.1) is 12.8 Å². The molecule has 0 aromatic heterocycles. The van der Waals surface area contributed by atoms with Gasteiger partial charge in [0.15, 0.2) is 0 Å². The highest BCUT2D eigenvalue weighted by Gasteiger charge is 2.30. The quantitative estimate of drug-likeness (QED) is 0.773. The summed E-state index contributed by atoms with van der Waals surface area (Å²) >= 11 is 0. The molecule has 0 heterocycles. The molecule has 1 aliphatic carbocycles. The van der Waals surface area contributed by atoms with Crippen LogP contribution in [0.3, 0.4) is 0 Å². The number of nitrogens with zero attached hydrogens (tertiary/aromatic N) is 1. The van der Waals surface area contributed by atoms with E-state index in [4.69, 9.17) is 5.73 Å². The summed E-state index contributed by atoms with van der Waals surface area (Å²) < 4.78 is 0. The second-order valence-corrected chi connectivity index (χ2v) is 7.11. The van der Waals surface area contributed by atoms with Crippen LogP contribution in [0.15, 0.2) is 18.2 Å². The summed E-state index contributed by atoms with van der Waals surface area (Å²) in [5, 5.41) is 0. The Kier molecular flexibility index (Phi) is 5.69. The third-order valence-corrected chi connectivity index (χ3v) is 4.49. The van der Waals surface area contributed by atoms with Crippen molar-refractivity contribution in [1.82, 2.24) is 0 Å². The fraction of sp³-hybridized carbons (Fsp3) is 0.684. The first-order chi connectivity index (χ1) is 10.0. The minimum absolute atomic E-state index is 0.275. The Bertz CT molecular complexity index is 449. The molecule has 0 bridgehead atoms. The summed E-state index contributed by atoms with van der Waals surface area (Å²) in [6.07, 6.45) is 6.02. The topological polar surface area (TPSA) is 29.3 Å². The van der Waals surface area contributed by atoms with Crippen LogP contribution in [0.4, 0.5) is 5.69 Å². The van der Waals surface area contributed by atoms with Crippen molar-refractivity contribution >= 4 is 5.69 Å². The van der Waals surface area contributed by atoms with E-state index in [0.29, 0.717) is 0 Å². The van der Waals surface area contributed by atoms with Crippen molar-refractivity contribution < 1.29 is 0 Å². The van der Waals surface area contributed by atoms with Gasteiger partial charge < -0.3 is 10.6 Å². The van der Waals surface area contributed by atoms with Crippen molar-refractivity contribution in [3.63, 3.8) is 0 Å². The van der Waals surface area contributed by atoms with Gasteiger partial charge in [0, 0.05) is 24.3 Å². The van der Waals surface area contributed by atoms with Crippen LogP contribution in [0.25, 0.3) is 0 Å². The van der Waals surface area contributed by atoms with Gasteiger partial charge in [0.25, 0.3) is 0 Å². The third kappa shape index (κ3) is 4.74. The lowest BCUT2D eigenvalue weighted by Crippen LogP contribution is -2.30. The van der Waals surface area contributed by atoms with Gasteiger partial charge in [-0.3, -0.25) is 0 Å². The van der Waals surface area contributed by atoms with Crippen molar-refractivity contribution in [2.45, 2.75) is 71.9 Å². The first kappa shape index (κ1) is 16.4. The molecular weight excluding hydrogens is 256 g/mol. The van der Waals surface area contributed by atoms with Gasteiger partial charge in [0.1, 0.15) is 0 Å². The summed E-state index contributed by atoms with van der Waals surface area (Å²) in [6.45, 7) is 10.2. The van der Waals surface area contributed by atoms with E-state index in [-0.39, 0.29) is 6.04 Å². The molecule has 2 rings (SSSR count). The van der Waals surface area contributed by atoms with E-state index in [0.717, 1.165) is 24.8 Å². The number of hydrogen-bond donors (Lipinski definition) is 1. The molecule has 0 aliphatic heterocycles. The standard InChI is InChI=1S/C19H32N2/c1-5-17(20)13-16-12-15(4)6-9-19(16)21(18-7-8-18)11-10-14(2)3/h6,9,12,14,17-18H,5,7-8,10-11,13,20H2,1-4H3. The van der Waals surface area contributed by atoms with E-state index >= 15 is 0 Å². The van der Waals surface area contributed by atoms with E-state index < -0.39 is 0 Å². The average molecular weight is 288 g/mol. The predicted octanol–water partition coefficient (Wildman–Crippen LogP) is 4.29. The Balaban J connectivity index is 2.21. The number of anilines is 1. The van der Waals surface area contributed by atoms with Crippen LogP contribution in [0.1, 0.15) is 57.6 Å².